The minimum Gasteiger partial charge on any atom is -0.332 e. The van der Waals surface area contributed by atoms with E-state index in [4.69, 9.17) is 0 Å². The molecule has 0 radical (unpaired) electrons. The zero-order valence-electron chi connectivity index (χ0n) is 9.22. The number of likely N-dealkylation sites (tertiary alicyclic amines) is 1. The summed E-state index contributed by atoms with van der Waals surface area (Å²) in [6.45, 7) is 3.36. The summed E-state index contributed by atoms with van der Waals surface area (Å²) in [4.78, 5) is 12.3. The number of rotatable bonds is 3. The highest BCUT2D eigenvalue weighted by atomic mass is 19.3. The Kier molecular flexibility index (Phi) is 3.80. The first-order chi connectivity index (χ1) is 7.32. The third-order valence-electron chi connectivity index (χ3n) is 3.05. The van der Waals surface area contributed by atoms with E-state index in [0.29, 0.717) is 19.3 Å². The lowest BCUT2D eigenvalue weighted by atomic mass is 10.1. The first-order valence-electron chi connectivity index (χ1n) is 5.31. The third kappa shape index (κ3) is 2.15. The Morgan fingerprint density at radius 2 is 2.00 bits per heavy atom. The summed E-state index contributed by atoms with van der Waals surface area (Å²) in [5.74, 6) is -6.30. The van der Waals surface area contributed by atoms with Gasteiger partial charge in [0.05, 0.1) is 0 Å². The summed E-state index contributed by atoms with van der Waals surface area (Å²) in [6.07, 6.45) is -2.24. The van der Waals surface area contributed by atoms with Gasteiger partial charge in [0.1, 0.15) is 0 Å². The van der Waals surface area contributed by atoms with Crippen molar-refractivity contribution in [3.05, 3.63) is 0 Å². The molecule has 1 saturated heterocycles. The molecule has 0 aromatic rings. The first kappa shape index (κ1) is 13.3. The van der Waals surface area contributed by atoms with Crippen molar-refractivity contribution >= 4 is 5.91 Å². The van der Waals surface area contributed by atoms with Gasteiger partial charge in [0.15, 0.2) is 0 Å². The molecular weight excluding hydrogens is 226 g/mol. The topological polar surface area (TPSA) is 20.3 Å². The SMILES string of the molecule is CCC1CCC(C)N1C(=O)C(F)(F)C(F)F. The van der Waals surface area contributed by atoms with Gasteiger partial charge in [-0.3, -0.25) is 4.79 Å². The van der Waals surface area contributed by atoms with E-state index in [9.17, 15) is 22.4 Å². The molecule has 2 nitrogen and oxygen atoms in total. The number of hydrogen-bond acceptors (Lipinski definition) is 1. The van der Waals surface area contributed by atoms with Gasteiger partial charge in [0.25, 0.3) is 5.91 Å². The van der Waals surface area contributed by atoms with E-state index in [1.165, 1.54) is 0 Å². The molecule has 1 fully saturated rings. The van der Waals surface area contributed by atoms with Crippen molar-refractivity contribution in [3.8, 4) is 0 Å². The van der Waals surface area contributed by atoms with Crippen LogP contribution in [0, 0.1) is 0 Å². The molecule has 0 spiro atoms. The largest absolute Gasteiger partial charge is 0.383 e. The number of carbonyl (C=O) groups is 1. The van der Waals surface area contributed by atoms with Crippen LogP contribution in [0.1, 0.15) is 33.1 Å². The zero-order chi connectivity index (χ0) is 12.5. The molecule has 0 aromatic heterocycles. The lowest BCUT2D eigenvalue weighted by molar-refractivity contribution is -0.183. The Labute approximate surface area is 91.6 Å². The van der Waals surface area contributed by atoms with Crippen molar-refractivity contribution in [2.75, 3.05) is 0 Å². The molecule has 1 aliphatic rings. The van der Waals surface area contributed by atoms with Crippen molar-refractivity contribution in [1.29, 1.82) is 0 Å². The highest BCUT2D eigenvalue weighted by molar-refractivity contribution is 5.84. The van der Waals surface area contributed by atoms with E-state index in [1.54, 1.807) is 13.8 Å². The van der Waals surface area contributed by atoms with Gasteiger partial charge in [-0.05, 0) is 26.2 Å². The lowest BCUT2D eigenvalue weighted by Gasteiger charge is -2.31. The zero-order valence-corrected chi connectivity index (χ0v) is 9.22. The van der Waals surface area contributed by atoms with Crippen molar-refractivity contribution < 1.29 is 22.4 Å². The van der Waals surface area contributed by atoms with Crippen LogP contribution < -0.4 is 0 Å². The molecule has 6 heteroatoms. The van der Waals surface area contributed by atoms with Crippen LogP contribution >= 0.6 is 0 Å². The van der Waals surface area contributed by atoms with Gasteiger partial charge in [-0.1, -0.05) is 6.92 Å². The number of alkyl halides is 4. The molecular formula is C10H15F4NO. The minimum atomic E-state index is -4.56. The summed E-state index contributed by atoms with van der Waals surface area (Å²) in [7, 11) is 0. The maximum atomic E-state index is 12.9. The molecule has 1 heterocycles. The van der Waals surface area contributed by atoms with Gasteiger partial charge >= 0.3 is 12.3 Å². The average molecular weight is 241 g/mol. The molecule has 0 aromatic carbocycles. The molecule has 16 heavy (non-hydrogen) atoms. The van der Waals surface area contributed by atoms with Gasteiger partial charge in [0.2, 0.25) is 0 Å². The van der Waals surface area contributed by atoms with Gasteiger partial charge < -0.3 is 4.90 Å². The fourth-order valence-corrected chi connectivity index (χ4v) is 2.10. The average Bonchev–Trinajstić information content (AvgIpc) is 2.57. The molecule has 1 amide bonds. The fraction of sp³-hybridized carbons (Fsp3) is 0.900. The normalized spacial score (nSPS) is 26.6. The molecule has 0 aliphatic carbocycles. The van der Waals surface area contributed by atoms with Crippen LogP contribution in [0.25, 0.3) is 0 Å². The summed E-state index contributed by atoms with van der Waals surface area (Å²) in [5, 5.41) is 0. The van der Waals surface area contributed by atoms with E-state index >= 15 is 0 Å². The van der Waals surface area contributed by atoms with Crippen LogP contribution in [0.2, 0.25) is 0 Å². The van der Waals surface area contributed by atoms with Gasteiger partial charge in [-0.2, -0.15) is 8.78 Å². The predicted octanol–water partition coefficient (Wildman–Crippen LogP) is 2.68. The molecule has 0 bridgehead atoms. The molecule has 0 N–H and O–H groups in total. The fourth-order valence-electron chi connectivity index (χ4n) is 2.10. The van der Waals surface area contributed by atoms with Crippen LogP contribution in [0.15, 0.2) is 0 Å². The maximum Gasteiger partial charge on any atom is 0.383 e. The van der Waals surface area contributed by atoms with Gasteiger partial charge in [0, 0.05) is 12.1 Å². The van der Waals surface area contributed by atoms with Crippen molar-refractivity contribution in [1.82, 2.24) is 4.90 Å². The summed E-state index contributed by atoms with van der Waals surface area (Å²) in [5.41, 5.74) is 0. The van der Waals surface area contributed by atoms with Crippen molar-refractivity contribution in [2.24, 2.45) is 0 Å². The summed E-state index contributed by atoms with van der Waals surface area (Å²) >= 11 is 0. The van der Waals surface area contributed by atoms with E-state index in [-0.39, 0.29) is 12.1 Å². The second-order valence-corrected chi connectivity index (χ2v) is 4.12. The van der Waals surface area contributed by atoms with Crippen molar-refractivity contribution in [3.63, 3.8) is 0 Å². The number of hydrogen-bond donors (Lipinski definition) is 0. The van der Waals surface area contributed by atoms with E-state index in [1.807, 2.05) is 0 Å². The minimum absolute atomic E-state index is 0.341. The smallest absolute Gasteiger partial charge is 0.332 e. The Hall–Kier alpha value is -0.810. The Morgan fingerprint density at radius 1 is 1.44 bits per heavy atom. The monoisotopic (exact) mass is 241 g/mol. The van der Waals surface area contributed by atoms with Crippen LogP contribution in [-0.2, 0) is 4.79 Å². The number of halogens is 4. The molecule has 2 unspecified atom stereocenters. The highest BCUT2D eigenvalue weighted by Gasteiger charge is 2.53. The number of nitrogens with zero attached hydrogens (tertiary/aromatic N) is 1. The molecule has 94 valence electrons. The molecule has 2 atom stereocenters. The predicted molar refractivity (Wildman–Crippen MR) is 50.6 cm³/mol. The van der Waals surface area contributed by atoms with E-state index in [0.717, 1.165) is 4.90 Å². The Balaban J connectivity index is 2.87. The second-order valence-electron chi connectivity index (χ2n) is 4.12. The van der Waals surface area contributed by atoms with E-state index < -0.39 is 18.3 Å². The van der Waals surface area contributed by atoms with Gasteiger partial charge in [-0.15, -0.1) is 0 Å². The van der Waals surface area contributed by atoms with Gasteiger partial charge in [-0.25, -0.2) is 8.78 Å². The molecule has 1 rings (SSSR count). The Bertz CT molecular complexity index is 270. The summed E-state index contributed by atoms with van der Waals surface area (Å²) < 4.78 is 50.0. The number of carbonyl (C=O) groups excluding carboxylic acids is 1. The van der Waals surface area contributed by atoms with Crippen LogP contribution in [0.4, 0.5) is 17.6 Å². The van der Waals surface area contributed by atoms with Crippen LogP contribution in [0.5, 0.6) is 0 Å². The van der Waals surface area contributed by atoms with E-state index in [2.05, 4.69) is 0 Å². The third-order valence-corrected chi connectivity index (χ3v) is 3.05. The first-order valence-corrected chi connectivity index (χ1v) is 5.31. The maximum absolute atomic E-state index is 12.9. The quantitative estimate of drug-likeness (QED) is 0.696. The highest BCUT2D eigenvalue weighted by Crippen LogP contribution is 2.33. The second kappa shape index (κ2) is 4.59. The molecule has 0 saturated carbocycles. The van der Waals surface area contributed by atoms with Crippen LogP contribution in [-0.4, -0.2) is 35.2 Å². The summed E-state index contributed by atoms with van der Waals surface area (Å²) in [6, 6.07) is -0.728. The number of amides is 1. The molecule has 1 aliphatic heterocycles. The van der Waals surface area contributed by atoms with Crippen molar-refractivity contribution in [2.45, 2.75) is 57.5 Å². The lowest BCUT2D eigenvalue weighted by Crippen LogP contribution is -2.51. The standard InChI is InChI=1S/C10H15F4NO/c1-3-7-5-4-6(2)15(7)9(16)10(13,14)8(11)12/h6-8H,3-5H2,1-2H3. The van der Waals surface area contributed by atoms with Crippen LogP contribution in [0.3, 0.4) is 0 Å². The Morgan fingerprint density at radius 3 is 2.44 bits per heavy atom.